The number of pyridine rings is 1. The molecule has 0 atom stereocenters. The van der Waals surface area contributed by atoms with Crippen LogP contribution in [0.3, 0.4) is 0 Å². The summed E-state index contributed by atoms with van der Waals surface area (Å²) in [5, 5.41) is 2.83. The summed E-state index contributed by atoms with van der Waals surface area (Å²) in [5.41, 5.74) is 3.12. The fourth-order valence-corrected chi connectivity index (χ4v) is 2.18. The largest absolute Gasteiger partial charge is 0.310 e. The van der Waals surface area contributed by atoms with Crippen LogP contribution >= 0.6 is 15.9 Å². The molecule has 0 unspecified atom stereocenters. The van der Waals surface area contributed by atoms with Crippen LogP contribution in [0.2, 0.25) is 0 Å². The van der Waals surface area contributed by atoms with Gasteiger partial charge < -0.3 is 5.32 Å². The number of nitrogens with zero attached hydrogens (tertiary/aromatic N) is 1. The first-order valence-electron chi connectivity index (χ1n) is 6.02. The van der Waals surface area contributed by atoms with Gasteiger partial charge in [0.25, 0.3) is 0 Å². The predicted octanol–water partition coefficient (Wildman–Crippen LogP) is 3.64. The Hall–Kier alpha value is -1.68. The van der Waals surface area contributed by atoms with E-state index in [4.69, 9.17) is 0 Å². The van der Waals surface area contributed by atoms with Crippen molar-refractivity contribution in [2.24, 2.45) is 0 Å². The minimum Gasteiger partial charge on any atom is -0.310 e. The highest BCUT2D eigenvalue weighted by Gasteiger charge is 2.07. The summed E-state index contributed by atoms with van der Waals surface area (Å²) in [5.74, 6) is 0.557. The third-order valence-corrected chi connectivity index (χ3v) is 3.22. The molecule has 0 aliphatic heterocycles. The van der Waals surface area contributed by atoms with E-state index in [1.165, 1.54) is 5.56 Å². The Morgan fingerprint density at radius 2 is 1.95 bits per heavy atom. The first-order valence-corrected chi connectivity index (χ1v) is 6.81. The van der Waals surface area contributed by atoms with Crippen molar-refractivity contribution in [3.05, 3.63) is 57.7 Å². The van der Waals surface area contributed by atoms with E-state index in [0.29, 0.717) is 12.2 Å². The maximum absolute atomic E-state index is 11.9. The van der Waals surface area contributed by atoms with Crippen LogP contribution in [0.15, 0.2) is 41.0 Å². The lowest BCUT2D eigenvalue weighted by atomic mass is 10.1. The number of benzene rings is 1. The van der Waals surface area contributed by atoms with E-state index in [2.05, 4.69) is 26.2 Å². The molecule has 1 heterocycles. The van der Waals surface area contributed by atoms with Gasteiger partial charge in [-0.15, -0.1) is 0 Å². The lowest BCUT2D eigenvalue weighted by molar-refractivity contribution is -0.115. The molecule has 1 aromatic heterocycles. The number of amides is 1. The van der Waals surface area contributed by atoms with Gasteiger partial charge in [-0.05, 0) is 47.0 Å². The standard InChI is InChI=1S/C15H15BrN2O/c1-10-3-5-12(6-4-10)8-14(19)18-15-11(2)7-13(16)9-17-15/h3-7,9H,8H2,1-2H3,(H,17,18,19). The monoisotopic (exact) mass is 318 g/mol. The minimum absolute atomic E-state index is 0.0539. The van der Waals surface area contributed by atoms with Crippen molar-refractivity contribution in [3.8, 4) is 0 Å². The van der Waals surface area contributed by atoms with Crippen molar-refractivity contribution < 1.29 is 4.79 Å². The van der Waals surface area contributed by atoms with Gasteiger partial charge in [0.1, 0.15) is 5.82 Å². The zero-order valence-electron chi connectivity index (χ0n) is 10.9. The van der Waals surface area contributed by atoms with Gasteiger partial charge in [0.05, 0.1) is 6.42 Å². The van der Waals surface area contributed by atoms with Crippen LogP contribution in [0.1, 0.15) is 16.7 Å². The molecule has 1 N–H and O–H groups in total. The van der Waals surface area contributed by atoms with E-state index in [1.807, 2.05) is 44.2 Å². The van der Waals surface area contributed by atoms with E-state index in [0.717, 1.165) is 15.6 Å². The van der Waals surface area contributed by atoms with Crippen molar-refractivity contribution in [1.82, 2.24) is 4.98 Å². The lowest BCUT2D eigenvalue weighted by Gasteiger charge is -2.07. The Kier molecular flexibility index (Phi) is 4.32. The molecule has 0 aliphatic rings. The molecular formula is C15H15BrN2O. The molecule has 1 amide bonds. The number of carbonyl (C=O) groups is 1. The molecule has 0 saturated heterocycles. The number of aryl methyl sites for hydroxylation is 2. The van der Waals surface area contributed by atoms with E-state index >= 15 is 0 Å². The molecule has 4 heteroatoms. The average molecular weight is 319 g/mol. The number of aromatic nitrogens is 1. The summed E-state index contributed by atoms with van der Waals surface area (Å²) in [4.78, 5) is 16.1. The molecule has 19 heavy (non-hydrogen) atoms. The lowest BCUT2D eigenvalue weighted by Crippen LogP contribution is -2.16. The summed E-state index contributed by atoms with van der Waals surface area (Å²) in [6.07, 6.45) is 2.03. The Morgan fingerprint density at radius 1 is 1.26 bits per heavy atom. The molecule has 0 fully saturated rings. The molecule has 0 aliphatic carbocycles. The van der Waals surface area contributed by atoms with Crippen LogP contribution in [0.5, 0.6) is 0 Å². The second kappa shape index (κ2) is 5.97. The predicted molar refractivity (Wildman–Crippen MR) is 80.2 cm³/mol. The molecule has 0 bridgehead atoms. The Morgan fingerprint density at radius 3 is 2.58 bits per heavy atom. The van der Waals surface area contributed by atoms with E-state index in [1.54, 1.807) is 6.20 Å². The van der Waals surface area contributed by atoms with Crippen LogP contribution in [0.4, 0.5) is 5.82 Å². The second-order valence-electron chi connectivity index (χ2n) is 4.53. The first-order chi connectivity index (χ1) is 9.04. The fourth-order valence-electron chi connectivity index (χ4n) is 1.74. The van der Waals surface area contributed by atoms with E-state index < -0.39 is 0 Å². The fraction of sp³-hybridized carbons (Fsp3) is 0.200. The van der Waals surface area contributed by atoms with Gasteiger partial charge in [-0.1, -0.05) is 29.8 Å². The maximum atomic E-state index is 11.9. The molecule has 1 aromatic carbocycles. The number of hydrogen-bond acceptors (Lipinski definition) is 2. The van der Waals surface area contributed by atoms with Crippen LogP contribution < -0.4 is 5.32 Å². The molecule has 3 nitrogen and oxygen atoms in total. The van der Waals surface area contributed by atoms with Crippen molar-refractivity contribution in [3.63, 3.8) is 0 Å². The molecule has 0 radical (unpaired) electrons. The van der Waals surface area contributed by atoms with Crippen molar-refractivity contribution >= 4 is 27.7 Å². The SMILES string of the molecule is Cc1ccc(CC(=O)Nc2ncc(Br)cc2C)cc1. The highest BCUT2D eigenvalue weighted by atomic mass is 79.9. The van der Waals surface area contributed by atoms with Crippen molar-refractivity contribution in [1.29, 1.82) is 0 Å². The minimum atomic E-state index is -0.0539. The van der Waals surface area contributed by atoms with Gasteiger partial charge in [-0.2, -0.15) is 0 Å². The Balaban J connectivity index is 2.03. The quantitative estimate of drug-likeness (QED) is 0.938. The highest BCUT2D eigenvalue weighted by Crippen LogP contribution is 2.17. The number of nitrogens with one attached hydrogen (secondary N) is 1. The summed E-state index contributed by atoms with van der Waals surface area (Å²) in [6.45, 7) is 3.94. The van der Waals surface area contributed by atoms with Crippen LogP contribution in [0.25, 0.3) is 0 Å². The van der Waals surface area contributed by atoms with Gasteiger partial charge in [-0.25, -0.2) is 4.98 Å². The number of rotatable bonds is 3. The Bertz CT molecular complexity index is 594. The molecular weight excluding hydrogens is 304 g/mol. The molecule has 98 valence electrons. The zero-order chi connectivity index (χ0) is 13.8. The van der Waals surface area contributed by atoms with Gasteiger partial charge in [-0.3, -0.25) is 4.79 Å². The second-order valence-corrected chi connectivity index (χ2v) is 5.45. The third-order valence-electron chi connectivity index (χ3n) is 2.79. The molecule has 0 spiro atoms. The maximum Gasteiger partial charge on any atom is 0.229 e. The van der Waals surface area contributed by atoms with Crippen molar-refractivity contribution in [2.75, 3.05) is 5.32 Å². The summed E-state index contributed by atoms with van der Waals surface area (Å²) in [7, 11) is 0. The molecule has 0 saturated carbocycles. The van der Waals surface area contributed by atoms with Gasteiger partial charge in [0.2, 0.25) is 5.91 Å². The normalized spacial score (nSPS) is 10.3. The van der Waals surface area contributed by atoms with Crippen LogP contribution in [0, 0.1) is 13.8 Å². The summed E-state index contributed by atoms with van der Waals surface area (Å²) >= 11 is 3.35. The van der Waals surface area contributed by atoms with Crippen LogP contribution in [-0.2, 0) is 11.2 Å². The highest BCUT2D eigenvalue weighted by molar-refractivity contribution is 9.10. The number of halogens is 1. The number of hydrogen-bond donors (Lipinski definition) is 1. The van der Waals surface area contributed by atoms with E-state index in [9.17, 15) is 4.79 Å². The summed E-state index contributed by atoms with van der Waals surface area (Å²) < 4.78 is 0.904. The zero-order valence-corrected chi connectivity index (χ0v) is 12.5. The number of anilines is 1. The van der Waals surface area contributed by atoms with Gasteiger partial charge in [0, 0.05) is 10.7 Å². The van der Waals surface area contributed by atoms with E-state index in [-0.39, 0.29) is 5.91 Å². The Labute approximate surface area is 121 Å². The third kappa shape index (κ3) is 3.89. The topological polar surface area (TPSA) is 42.0 Å². The van der Waals surface area contributed by atoms with Gasteiger partial charge in [0.15, 0.2) is 0 Å². The average Bonchev–Trinajstić information content (AvgIpc) is 2.36. The summed E-state index contributed by atoms with van der Waals surface area (Å²) in [6, 6.07) is 9.87. The smallest absolute Gasteiger partial charge is 0.229 e. The molecule has 2 rings (SSSR count). The number of carbonyl (C=O) groups excluding carboxylic acids is 1. The first kappa shape index (κ1) is 13.7. The van der Waals surface area contributed by atoms with Crippen molar-refractivity contribution in [2.45, 2.75) is 20.3 Å². The van der Waals surface area contributed by atoms with Crippen LogP contribution in [-0.4, -0.2) is 10.9 Å². The van der Waals surface area contributed by atoms with Gasteiger partial charge >= 0.3 is 0 Å². The molecule has 2 aromatic rings.